The van der Waals surface area contributed by atoms with Crippen LogP contribution in [0.25, 0.3) is 0 Å². The van der Waals surface area contributed by atoms with E-state index in [1.165, 1.54) is 12.8 Å². The quantitative estimate of drug-likeness (QED) is 0.755. The molecule has 0 aromatic heterocycles. The Kier molecular flexibility index (Phi) is 3.65. The van der Waals surface area contributed by atoms with Gasteiger partial charge in [0.1, 0.15) is 0 Å². The van der Waals surface area contributed by atoms with Crippen molar-refractivity contribution in [1.29, 1.82) is 0 Å². The first kappa shape index (κ1) is 11.4. The van der Waals surface area contributed by atoms with Crippen molar-refractivity contribution in [1.82, 2.24) is 10.2 Å². The fourth-order valence-corrected chi connectivity index (χ4v) is 2.56. The van der Waals surface area contributed by atoms with Gasteiger partial charge in [0.2, 0.25) is 0 Å². The number of ether oxygens (including phenoxy) is 1. The Balaban J connectivity index is 1.90. The molecule has 2 fully saturated rings. The molecule has 2 aliphatic rings. The molecule has 1 heterocycles. The van der Waals surface area contributed by atoms with E-state index in [1.54, 1.807) is 0 Å². The van der Waals surface area contributed by atoms with Gasteiger partial charge in [-0.05, 0) is 39.7 Å². The van der Waals surface area contributed by atoms with Crippen LogP contribution in [0.1, 0.15) is 26.7 Å². The van der Waals surface area contributed by atoms with Crippen LogP contribution in [0.15, 0.2) is 0 Å². The predicted octanol–water partition coefficient (Wildman–Crippen LogP) is 1.09. The van der Waals surface area contributed by atoms with Gasteiger partial charge in [0, 0.05) is 25.2 Å². The zero-order valence-corrected chi connectivity index (χ0v) is 10.2. The van der Waals surface area contributed by atoms with Gasteiger partial charge in [0.15, 0.2) is 0 Å². The molecule has 2 atom stereocenters. The molecule has 1 saturated heterocycles. The molecule has 0 spiro atoms. The molecule has 3 heteroatoms. The molecular formula is C12H24N2O. The maximum absolute atomic E-state index is 5.91. The molecule has 2 unspecified atom stereocenters. The molecule has 0 aromatic carbocycles. The van der Waals surface area contributed by atoms with E-state index in [0.717, 1.165) is 25.6 Å². The Morgan fingerprint density at radius 1 is 1.33 bits per heavy atom. The van der Waals surface area contributed by atoms with Crippen molar-refractivity contribution in [3.63, 3.8) is 0 Å². The van der Waals surface area contributed by atoms with Crippen LogP contribution in [-0.4, -0.2) is 49.8 Å². The molecule has 3 nitrogen and oxygen atoms in total. The molecule has 1 N–H and O–H groups in total. The highest BCUT2D eigenvalue weighted by Crippen LogP contribution is 2.35. The third-order valence-electron chi connectivity index (χ3n) is 3.72. The molecular weight excluding hydrogens is 188 g/mol. The fraction of sp³-hybridized carbons (Fsp3) is 1.00. The molecule has 0 amide bonds. The SMILES string of the molecule is CNC(C1CC1)C1CN(C(C)C)CCO1. The first-order chi connectivity index (χ1) is 7.22. The second-order valence-corrected chi connectivity index (χ2v) is 5.15. The minimum Gasteiger partial charge on any atom is -0.374 e. The van der Waals surface area contributed by atoms with Gasteiger partial charge >= 0.3 is 0 Å². The summed E-state index contributed by atoms with van der Waals surface area (Å²) in [6, 6.07) is 1.22. The number of nitrogens with zero attached hydrogens (tertiary/aromatic N) is 1. The molecule has 15 heavy (non-hydrogen) atoms. The first-order valence-electron chi connectivity index (χ1n) is 6.25. The summed E-state index contributed by atoms with van der Waals surface area (Å²) in [7, 11) is 2.07. The predicted molar refractivity (Wildman–Crippen MR) is 62.0 cm³/mol. The Labute approximate surface area is 93.2 Å². The molecule has 0 radical (unpaired) electrons. The van der Waals surface area contributed by atoms with E-state index in [9.17, 15) is 0 Å². The fourth-order valence-electron chi connectivity index (χ4n) is 2.56. The van der Waals surface area contributed by atoms with Crippen molar-refractivity contribution in [3.8, 4) is 0 Å². The zero-order valence-electron chi connectivity index (χ0n) is 10.2. The van der Waals surface area contributed by atoms with Crippen LogP contribution in [-0.2, 0) is 4.74 Å². The summed E-state index contributed by atoms with van der Waals surface area (Å²) >= 11 is 0. The van der Waals surface area contributed by atoms with Gasteiger partial charge in [-0.1, -0.05) is 0 Å². The molecule has 88 valence electrons. The summed E-state index contributed by atoms with van der Waals surface area (Å²) < 4.78 is 5.91. The Hall–Kier alpha value is -0.120. The number of nitrogens with one attached hydrogen (secondary N) is 1. The lowest BCUT2D eigenvalue weighted by molar-refractivity contribution is -0.0576. The maximum Gasteiger partial charge on any atom is 0.0857 e. The van der Waals surface area contributed by atoms with Gasteiger partial charge in [0.05, 0.1) is 12.7 Å². The minimum atomic E-state index is 0.402. The Bertz CT molecular complexity index is 204. The topological polar surface area (TPSA) is 24.5 Å². The van der Waals surface area contributed by atoms with Crippen molar-refractivity contribution in [2.75, 3.05) is 26.7 Å². The summed E-state index contributed by atoms with van der Waals surface area (Å²) in [6.45, 7) is 7.63. The van der Waals surface area contributed by atoms with Gasteiger partial charge in [-0.2, -0.15) is 0 Å². The largest absolute Gasteiger partial charge is 0.374 e. The van der Waals surface area contributed by atoms with E-state index in [-0.39, 0.29) is 0 Å². The Morgan fingerprint density at radius 3 is 2.60 bits per heavy atom. The lowest BCUT2D eigenvalue weighted by atomic mass is 10.0. The van der Waals surface area contributed by atoms with Gasteiger partial charge in [0.25, 0.3) is 0 Å². The molecule has 1 aliphatic carbocycles. The van der Waals surface area contributed by atoms with Crippen molar-refractivity contribution < 1.29 is 4.74 Å². The second-order valence-electron chi connectivity index (χ2n) is 5.15. The summed E-state index contributed by atoms with van der Waals surface area (Å²) in [4.78, 5) is 2.53. The van der Waals surface area contributed by atoms with Crippen LogP contribution in [0.4, 0.5) is 0 Å². The monoisotopic (exact) mass is 212 g/mol. The minimum absolute atomic E-state index is 0.402. The second kappa shape index (κ2) is 4.81. The molecule has 1 aliphatic heterocycles. The maximum atomic E-state index is 5.91. The highest BCUT2D eigenvalue weighted by molar-refractivity contribution is 4.93. The Morgan fingerprint density at radius 2 is 2.07 bits per heavy atom. The number of hydrogen-bond donors (Lipinski definition) is 1. The van der Waals surface area contributed by atoms with Gasteiger partial charge in [-0.3, -0.25) is 4.90 Å². The molecule has 2 rings (SSSR count). The lowest BCUT2D eigenvalue weighted by Gasteiger charge is -2.39. The van der Waals surface area contributed by atoms with E-state index in [1.807, 2.05) is 0 Å². The zero-order chi connectivity index (χ0) is 10.8. The number of morpholine rings is 1. The smallest absolute Gasteiger partial charge is 0.0857 e. The summed E-state index contributed by atoms with van der Waals surface area (Å²) in [6.07, 6.45) is 3.17. The molecule has 0 bridgehead atoms. The summed E-state index contributed by atoms with van der Waals surface area (Å²) in [5.41, 5.74) is 0. The molecule has 1 saturated carbocycles. The third-order valence-corrected chi connectivity index (χ3v) is 3.72. The normalized spacial score (nSPS) is 30.8. The van der Waals surface area contributed by atoms with Gasteiger partial charge < -0.3 is 10.1 Å². The van der Waals surface area contributed by atoms with Crippen molar-refractivity contribution in [2.45, 2.75) is 44.9 Å². The molecule has 0 aromatic rings. The standard InChI is InChI=1S/C12H24N2O/c1-9(2)14-6-7-15-11(8-14)12(13-3)10-4-5-10/h9-13H,4-8H2,1-3H3. The van der Waals surface area contributed by atoms with Crippen molar-refractivity contribution in [2.24, 2.45) is 5.92 Å². The van der Waals surface area contributed by atoms with Crippen molar-refractivity contribution in [3.05, 3.63) is 0 Å². The number of rotatable bonds is 4. The van der Waals surface area contributed by atoms with E-state index in [2.05, 4.69) is 31.1 Å². The van der Waals surface area contributed by atoms with E-state index in [4.69, 9.17) is 4.74 Å². The van der Waals surface area contributed by atoms with Crippen LogP contribution < -0.4 is 5.32 Å². The van der Waals surface area contributed by atoms with Crippen LogP contribution >= 0.6 is 0 Å². The highest BCUT2D eigenvalue weighted by Gasteiger charge is 2.38. The highest BCUT2D eigenvalue weighted by atomic mass is 16.5. The van der Waals surface area contributed by atoms with E-state index >= 15 is 0 Å². The average molecular weight is 212 g/mol. The summed E-state index contributed by atoms with van der Waals surface area (Å²) in [5, 5.41) is 3.44. The van der Waals surface area contributed by atoms with Gasteiger partial charge in [-0.25, -0.2) is 0 Å². The first-order valence-corrected chi connectivity index (χ1v) is 6.25. The van der Waals surface area contributed by atoms with Crippen LogP contribution in [0, 0.1) is 5.92 Å². The van der Waals surface area contributed by atoms with E-state index < -0.39 is 0 Å². The van der Waals surface area contributed by atoms with Gasteiger partial charge in [-0.15, -0.1) is 0 Å². The van der Waals surface area contributed by atoms with Crippen LogP contribution in [0.3, 0.4) is 0 Å². The lowest BCUT2D eigenvalue weighted by Crippen LogP contribution is -2.53. The van der Waals surface area contributed by atoms with Crippen LogP contribution in [0.2, 0.25) is 0 Å². The summed E-state index contributed by atoms with van der Waals surface area (Å²) in [5.74, 6) is 0.868. The van der Waals surface area contributed by atoms with E-state index in [0.29, 0.717) is 18.2 Å². The third kappa shape index (κ3) is 2.71. The average Bonchev–Trinajstić information content (AvgIpc) is 3.04. The number of hydrogen-bond acceptors (Lipinski definition) is 3. The van der Waals surface area contributed by atoms with Crippen molar-refractivity contribution >= 4 is 0 Å². The number of likely N-dealkylation sites (N-methyl/N-ethyl adjacent to an activating group) is 1. The van der Waals surface area contributed by atoms with Crippen LogP contribution in [0.5, 0.6) is 0 Å².